The number of fused-ring (bicyclic) bond motifs is 1. The van der Waals surface area contributed by atoms with Gasteiger partial charge < -0.3 is 20.6 Å². The van der Waals surface area contributed by atoms with Crippen molar-refractivity contribution in [2.45, 2.75) is 20.1 Å². The third kappa shape index (κ3) is 3.23. The van der Waals surface area contributed by atoms with Gasteiger partial charge in [-0.15, -0.1) is 0 Å². The molecule has 102 valence electrons. The van der Waals surface area contributed by atoms with E-state index in [-0.39, 0.29) is 0 Å². The van der Waals surface area contributed by atoms with Crippen LogP contribution in [0.15, 0.2) is 34.8 Å². The van der Waals surface area contributed by atoms with Gasteiger partial charge in [0.25, 0.3) is 0 Å². The van der Waals surface area contributed by atoms with Gasteiger partial charge in [-0.25, -0.2) is 0 Å². The van der Waals surface area contributed by atoms with E-state index in [0.29, 0.717) is 5.56 Å². The second-order valence-electron chi connectivity index (χ2n) is 4.55. The number of hydrogen-bond acceptors (Lipinski definition) is 4. The van der Waals surface area contributed by atoms with Crippen LogP contribution >= 0.6 is 0 Å². The first-order chi connectivity index (χ1) is 9.11. The molecule has 4 nitrogen and oxygen atoms in total. The van der Waals surface area contributed by atoms with Gasteiger partial charge in [0.2, 0.25) is 0 Å². The zero-order valence-electron chi connectivity index (χ0n) is 11.3. The Morgan fingerprint density at radius 2 is 2.26 bits per heavy atom. The first-order valence-electron chi connectivity index (χ1n) is 6.46. The molecular formula is C15H20N2O2. The normalized spacial score (nSPS) is 14.0. The van der Waals surface area contributed by atoms with Crippen molar-refractivity contribution in [3.63, 3.8) is 0 Å². The molecular weight excluding hydrogens is 240 g/mol. The Morgan fingerprint density at radius 3 is 2.95 bits per heavy atom. The second kappa shape index (κ2) is 6.02. The van der Waals surface area contributed by atoms with Crippen molar-refractivity contribution in [3.05, 3.63) is 41.7 Å². The fourth-order valence-corrected chi connectivity index (χ4v) is 1.91. The lowest BCUT2D eigenvalue weighted by atomic mass is 10.1. The molecule has 0 aliphatic carbocycles. The summed E-state index contributed by atoms with van der Waals surface area (Å²) in [5.74, 6) is 0.844. The number of rotatable bonds is 5. The van der Waals surface area contributed by atoms with Gasteiger partial charge in [0, 0.05) is 11.9 Å². The van der Waals surface area contributed by atoms with E-state index in [4.69, 9.17) is 10.2 Å². The van der Waals surface area contributed by atoms with Crippen LogP contribution < -0.4 is 11.1 Å². The molecule has 1 aromatic carbocycles. The van der Waals surface area contributed by atoms with Crippen molar-refractivity contribution >= 4 is 16.5 Å². The van der Waals surface area contributed by atoms with Crippen LogP contribution in [-0.2, 0) is 0 Å². The number of furan rings is 1. The van der Waals surface area contributed by atoms with Gasteiger partial charge in [-0.05, 0) is 42.8 Å². The van der Waals surface area contributed by atoms with Crippen LogP contribution in [0.25, 0.3) is 16.5 Å². The van der Waals surface area contributed by atoms with E-state index in [0.717, 1.165) is 35.4 Å². The number of nitrogens with two attached hydrogens (primary N) is 1. The highest BCUT2D eigenvalue weighted by molar-refractivity contribution is 5.82. The molecule has 1 aromatic heterocycles. The molecule has 2 rings (SSSR count). The molecule has 1 heterocycles. The van der Waals surface area contributed by atoms with E-state index in [9.17, 15) is 5.11 Å². The largest absolute Gasteiger partial charge is 0.456 e. The first-order valence-corrected chi connectivity index (χ1v) is 6.46. The van der Waals surface area contributed by atoms with Gasteiger partial charge >= 0.3 is 0 Å². The molecule has 0 aliphatic rings. The minimum atomic E-state index is -0.951. The summed E-state index contributed by atoms with van der Waals surface area (Å²) in [6.07, 6.45) is 1.15. The van der Waals surface area contributed by atoms with Crippen LogP contribution in [0.2, 0.25) is 0 Å². The average molecular weight is 260 g/mol. The highest BCUT2D eigenvalue weighted by atomic mass is 16.3. The summed E-state index contributed by atoms with van der Waals surface area (Å²) < 4.78 is 5.78. The molecule has 0 bridgehead atoms. The predicted octanol–water partition coefficient (Wildman–Crippen LogP) is 2.40. The van der Waals surface area contributed by atoms with Gasteiger partial charge in [0.1, 0.15) is 17.6 Å². The van der Waals surface area contributed by atoms with Gasteiger partial charge in [-0.2, -0.15) is 0 Å². The number of likely N-dealkylation sites (N-methyl/N-ethyl adjacent to an activating group) is 1. The standard InChI is InChI=1S/C15H20N2O2/c1-3-17-7-6-10(2)14-9-12-8-11(15(16)18)4-5-13(12)19-14/h4-6,8-9,15,17-18H,3,7,16H2,1-2H3/b10-6+. The molecule has 0 amide bonds. The minimum absolute atomic E-state index is 0.689. The number of hydrogen-bond donors (Lipinski definition) is 3. The summed E-state index contributed by atoms with van der Waals surface area (Å²) in [7, 11) is 0. The van der Waals surface area contributed by atoms with E-state index in [2.05, 4.69) is 18.3 Å². The Kier molecular flexibility index (Phi) is 4.37. The third-order valence-electron chi connectivity index (χ3n) is 3.07. The topological polar surface area (TPSA) is 71.4 Å². The Bertz CT molecular complexity index is 585. The summed E-state index contributed by atoms with van der Waals surface area (Å²) in [5, 5.41) is 13.6. The quantitative estimate of drug-likeness (QED) is 0.570. The molecule has 2 aromatic rings. The minimum Gasteiger partial charge on any atom is -0.456 e. The SMILES string of the molecule is CCNC/C=C(\C)c1cc2cc(C(N)O)ccc2o1. The molecule has 19 heavy (non-hydrogen) atoms. The summed E-state index contributed by atoms with van der Waals surface area (Å²) in [6.45, 7) is 5.87. The van der Waals surface area contributed by atoms with Crippen molar-refractivity contribution < 1.29 is 9.52 Å². The number of aliphatic hydroxyl groups is 1. The molecule has 4 N–H and O–H groups in total. The maximum Gasteiger partial charge on any atom is 0.134 e. The van der Waals surface area contributed by atoms with Crippen LogP contribution in [0.4, 0.5) is 0 Å². The Labute approximate surface area is 112 Å². The van der Waals surface area contributed by atoms with E-state index < -0.39 is 6.23 Å². The molecule has 0 radical (unpaired) electrons. The first kappa shape index (κ1) is 13.8. The number of nitrogens with one attached hydrogen (secondary N) is 1. The predicted molar refractivity (Wildman–Crippen MR) is 77.6 cm³/mol. The van der Waals surface area contributed by atoms with E-state index in [1.54, 1.807) is 6.07 Å². The number of benzene rings is 1. The third-order valence-corrected chi connectivity index (χ3v) is 3.07. The molecule has 0 saturated heterocycles. The fourth-order valence-electron chi connectivity index (χ4n) is 1.91. The molecule has 4 heteroatoms. The summed E-state index contributed by atoms with van der Waals surface area (Å²) >= 11 is 0. The van der Waals surface area contributed by atoms with Crippen molar-refractivity contribution in [2.24, 2.45) is 5.73 Å². The molecule has 0 fully saturated rings. The maximum absolute atomic E-state index is 9.37. The molecule has 0 spiro atoms. The van der Waals surface area contributed by atoms with Gasteiger partial charge in [-0.3, -0.25) is 0 Å². The smallest absolute Gasteiger partial charge is 0.134 e. The lowest BCUT2D eigenvalue weighted by Crippen LogP contribution is -2.11. The van der Waals surface area contributed by atoms with Crippen LogP contribution in [0.5, 0.6) is 0 Å². The van der Waals surface area contributed by atoms with E-state index in [1.165, 1.54) is 0 Å². The van der Waals surface area contributed by atoms with Gasteiger partial charge in [-0.1, -0.05) is 19.1 Å². The van der Waals surface area contributed by atoms with Crippen LogP contribution in [0, 0.1) is 0 Å². The van der Waals surface area contributed by atoms with Crippen molar-refractivity contribution in [2.75, 3.05) is 13.1 Å². The fraction of sp³-hybridized carbons (Fsp3) is 0.333. The second-order valence-corrected chi connectivity index (χ2v) is 4.55. The Hall–Kier alpha value is -1.62. The van der Waals surface area contributed by atoms with Crippen LogP contribution in [0.1, 0.15) is 31.4 Å². The zero-order valence-corrected chi connectivity index (χ0v) is 11.3. The molecule has 1 unspecified atom stereocenters. The Morgan fingerprint density at radius 1 is 1.47 bits per heavy atom. The number of allylic oxidation sites excluding steroid dienone is 1. The van der Waals surface area contributed by atoms with Crippen LogP contribution in [-0.4, -0.2) is 18.2 Å². The highest BCUT2D eigenvalue weighted by Gasteiger charge is 2.08. The van der Waals surface area contributed by atoms with E-state index >= 15 is 0 Å². The van der Waals surface area contributed by atoms with Gasteiger partial charge in [0.15, 0.2) is 0 Å². The van der Waals surface area contributed by atoms with Crippen LogP contribution in [0.3, 0.4) is 0 Å². The van der Waals surface area contributed by atoms with E-state index in [1.807, 2.05) is 25.1 Å². The monoisotopic (exact) mass is 260 g/mol. The maximum atomic E-state index is 9.37. The summed E-state index contributed by atoms with van der Waals surface area (Å²) in [4.78, 5) is 0. The van der Waals surface area contributed by atoms with Gasteiger partial charge in [0.05, 0.1) is 0 Å². The Balaban J connectivity index is 2.28. The lowest BCUT2D eigenvalue weighted by Gasteiger charge is -2.02. The van der Waals surface area contributed by atoms with Crippen molar-refractivity contribution in [1.82, 2.24) is 5.32 Å². The average Bonchev–Trinajstić information content (AvgIpc) is 2.81. The summed E-state index contributed by atoms with van der Waals surface area (Å²) in [6, 6.07) is 7.43. The van der Waals surface area contributed by atoms with Crippen molar-refractivity contribution in [3.8, 4) is 0 Å². The molecule has 0 aliphatic heterocycles. The lowest BCUT2D eigenvalue weighted by molar-refractivity contribution is 0.186. The summed E-state index contributed by atoms with van der Waals surface area (Å²) in [5.41, 5.74) is 8.04. The number of aliphatic hydroxyl groups excluding tert-OH is 1. The zero-order chi connectivity index (χ0) is 13.8. The molecule has 1 atom stereocenters. The molecule has 0 saturated carbocycles. The van der Waals surface area contributed by atoms with Crippen molar-refractivity contribution in [1.29, 1.82) is 0 Å². The highest BCUT2D eigenvalue weighted by Crippen LogP contribution is 2.26.